The van der Waals surface area contributed by atoms with E-state index in [4.69, 9.17) is 5.11 Å². The Bertz CT molecular complexity index is 507. The van der Waals surface area contributed by atoms with Gasteiger partial charge in [-0.2, -0.15) is 0 Å². The van der Waals surface area contributed by atoms with Crippen molar-refractivity contribution in [2.24, 2.45) is 0 Å². The summed E-state index contributed by atoms with van der Waals surface area (Å²) in [6, 6.07) is 2.12. The van der Waals surface area contributed by atoms with Crippen LogP contribution in [-0.4, -0.2) is 53.6 Å². The molecule has 0 atom stereocenters. The van der Waals surface area contributed by atoms with Crippen LogP contribution in [0.1, 0.15) is 23.8 Å². The van der Waals surface area contributed by atoms with E-state index in [0.717, 1.165) is 38.3 Å². The maximum absolute atomic E-state index is 11.3. The Morgan fingerprint density at radius 3 is 2.80 bits per heavy atom. The molecule has 1 N–H and O–H groups in total. The van der Waals surface area contributed by atoms with Crippen LogP contribution in [0.5, 0.6) is 0 Å². The zero-order chi connectivity index (χ0) is 14.4. The molecule has 5 heteroatoms. The monoisotopic (exact) mass is 292 g/mol. The normalized spacial score (nSPS) is 15.8. The lowest BCUT2D eigenvalue weighted by Crippen LogP contribution is -2.47. The molecule has 1 fully saturated rings. The molecule has 0 unspecified atom stereocenters. The highest BCUT2D eigenvalue weighted by atomic mass is 32.1. The number of rotatable bonds is 3. The van der Waals surface area contributed by atoms with Crippen LogP contribution in [0.2, 0.25) is 0 Å². The van der Waals surface area contributed by atoms with Gasteiger partial charge in [0.25, 0.3) is 0 Å². The zero-order valence-electron chi connectivity index (χ0n) is 11.8. The number of hydrogen-bond donors (Lipinski definition) is 1. The van der Waals surface area contributed by atoms with Crippen LogP contribution in [0, 0.1) is 11.8 Å². The molecule has 2 rings (SSSR count). The van der Waals surface area contributed by atoms with E-state index < -0.39 is 0 Å². The molecule has 1 aliphatic heterocycles. The van der Waals surface area contributed by atoms with Gasteiger partial charge in [0.2, 0.25) is 5.91 Å². The standard InChI is InChI=1S/C15H20N2O2S/c1-13(19)17-7-5-16(6-8-17)11-15-10-14(12-20-15)4-2-3-9-18/h10,12,18H,3,5-9,11H2,1H3. The quantitative estimate of drug-likeness (QED) is 0.850. The Morgan fingerprint density at radius 2 is 2.15 bits per heavy atom. The third-order valence-corrected chi connectivity index (χ3v) is 4.24. The van der Waals surface area contributed by atoms with E-state index in [1.54, 1.807) is 18.3 Å². The first-order chi connectivity index (χ1) is 9.69. The van der Waals surface area contributed by atoms with Gasteiger partial charge in [-0.15, -0.1) is 11.3 Å². The maximum Gasteiger partial charge on any atom is 0.219 e. The molecule has 1 saturated heterocycles. The number of amides is 1. The second-order valence-electron chi connectivity index (χ2n) is 4.86. The van der Waals surface area contributed by atoms with Gasteiger partial charge in [-0.3, -0.25) is 9.69 Å². The fourth-order valence-corrected chi connectivity index (χ4v) is 3.05. The van der Waals surface area contributed by atoms with Crippen LogP contribution in [0.4, 0.5) is 0 Å². The van der Waals surface area contributed by atoms with Crippen molar-refractivity contribution in [3.05, 3.63) is 21.9 Å². The van der Waals surface area contributed by atoms with Crippen LogP contribution in [0.25, 0.3) is 0 Å². The van der Waals surface area contributed by atoms with Crippen molar-refractivity contribution < 1.29 is 9.90 Å². The summed E-state index contributed by atoms with van der Waals surface area (Å²) in [6.45, 7) is 6.19. The average molecular weight is 292 g/mol. The SMILES string of the molecule is CC(=O)N1CCN(Cc2cc(C#CCCO)cs2)CC1. The number of hydrogen-bond acceptors (Lipinski definition) is 4. The summed E-state index contributed by atoms with van der Waals surface area (Å²) in [5, 5.41) is 10.8. The Morgan fingerprint density at radius 1 is 1.40 bits per heavy atom. The molecule has 0 bridgehead atoms. The summed E-state index contributed by atoms with van der Waals surface area (Å²) >= 11 is 1.72. The highest BCUT2D eigenvalue weighted by Crippen LogP contribution is 2.17. The molecular weight excluding hydrogens is 272 g/mol. The topological polar surface area (TPSA) is 43.8 Å². The molecule has 108 valence electrons. The van der Waals surface area contributed by atoms with Crippen molar-refractivity contribution in [3.63, 3.8) is 0 Å². The smallest absolute Gasteiger partial charge is 0.219 e. The lowest BCUT2D eigenvalue weighted by atomic mass is 10.2. The zero-order valence-corrected chi connectivity index (χ0v) is 12.6. The van der Waals surface area contributed by atoms with Gasteiger partial charge in [0.1, 0.15) is 0 Å². The van der Waals surface area contributed by atoms with Crippen LogP contribution in [0.3, 0.4) is 0 Å². The molecule has 1 aromatic heterocycles. The summed E-state index contributed by atoms with van der Waals surface area (Å²) < 4.78 is 0. The summed E-state index contributed by atoms with van der Waals surface area (Å²) in [5.41, 5.74) is 1.03. The number of thiophene rings is 1. The molecule has 4 nitrogen and oxygen atoms in total. The molecule has 0 spiro atoms. The Labute approximate surface area is 124 Å². The van der Waals surface area contributed by atoms with Crippen molar-refractivity contribution in [1.29, 1.82) is 0 Å². The van der Waals surface area contributed by atoms with E-state index in [1.165, 1.54) is 4.88 Å². The first kappa shape index (κ1) is 15.0. The number of nitrogens with zero attached hydrogens (tertiary/aromatic N) is 2. The van der Waals surface area contributed by atoms with Crippen molar-refractivity contribution in [2.75, 3.05) is 32.8 Å². The molecule has 0 saturated carbocycles. The third kappa shape index (κ3) is 4.34. The largest absolute Gasteiger partial charge is 0.395 e. The molecular formula is C15H20N2O2S. The second-order valence-corrected chi connectivity index (χ2v) is 5.86. The molecule has 0 aliphatic carbocycles. The predicted molar refractivity (Wildman–Crippen MR) is 80.4 cm³/mol. The van der Waals surface area contributed by atoms with Gasteiger partial charge in [-0.1, -0.05) is 11.8 Å². The number of carbonyl (C=O) groups excluding carboxylic acids is 1. The minimum Gasteiger partial charge on any atom is -0.395 e. The lowest BCUT2D eigenvalue weighted by Gasteiger charge is -2.33. The Balaban J connectivity index is 1.83. The molecule has 2 heterocycles. The molecule has 0 radical (unpaired) electrons. The van der Waals surface area contributed by atoms with Crippen molar-refractivity contribution in [1.82, 2.24) is 9.80 Å². The molecule has 1 aliphatic rings. The predicted octanol–water partition coefficient (Wildman–Crippen LogP) is 1.15. The fraction of sp³-hybridized carbons (Fsp3) is 0.533. The maximum atomic E-state index is 11.3. The van der Waals surface area contributed by atoms with E-state index in [9.17, 15) is 4.79 Å². The third-order valence-electron chi connectivity index (χ3n) is 3.32. The van der Waals surface area contributed by atoms with Crippen molar-refractivity contribution >= 4 is 17.2 Å². The Kier molecular flexibility index (Phi) is 5.60. The van der Waals surface area contributed by atoms with Gasteiger partial charge >= 0.3 is 0 Å². The van der Waals surface area contributed by atoms with Gasteiger partial charge in [-0.05, 0) is 6.07 Å². The number of carbonyl (C=O) groups is 1. The van der Waals surface area contributed by atoms with E-state index in [-0.39, 0.29) is 12.5 Å². The first-order valence-corrected chi connectivity index (χ1v) is 7.72. The summed E-state index contributed by atoms with van der Waals surface area (Å²) in [4.78, 5) is 16.8. The first-order valence-electron chi connectivity index (χ1n) is 6.84. The van der Waals surface area contributed by atoms with Gasteiger partial charge in [0.05, 0.1) is 6.61 Å². The lowest BCUT2D eigenvalue weighted by molar-refractivity contribution is -0.130. The molecule has 1 aromatic rings. The summed E-state index contributed by atoms with van der Waals surface area (Å²) in [5.74, 6) is 6.16. The molecule has 1 amide bonds. The summed E-state index contributed by atoms with van der Waals surface area (Å²) in [7, 11) is 0. The van der Waals surface area contributed by atoms with Crippen molar-refractivity contribution in [3.8, 4) is 11.8 Å². The highest BCUT2D eigenvalue weighted by Gasteiger charge is 2.18. The van der Waals surface area contributed by atoms with E-state index in [0.29, 0.717) is 6.42 Å². The van der Waals surface area contributed by atoms with E-state index in [1.807, 2.05) is 4.90 Å². The minimum absolute atomic E-state index is 0.115. The number of aliphatic hydroxyl groups excluding tert-OH is 1. The average Bonchev–Trinajstić information content (AvgIpc) is 2.87. The van der Waals surface area contributed by atoms with Crippen molar-refractivity contribution in [2.45, 2.75) is 19.9 Å². The number of aliphatic hydroxyl groups is 1. The molecule has 20 heavy (non-hydrogen) atoms. The fourth-order valence-electron chi connectivity index (χ4n) is 2.19. The summed E-state index contributed by atoms with van der Waals surface area (Å²) in [6.07, 6.45) is 0.526. The van der Waals surface area contributed by atoms with Gasteiger partial charge in [0.15, 0.2) is 0 Å². The van der Waals surface area contributed by atoms with E-state index >= 15 is 0 Å². The van der Waals surface area contributed by atoms with Crippen LogP contribution >= 0.6 is 11.3 Å². The van der Waals surface area contributed by atoms with Crippen LogP contribution in [-0.2, 0) is 11.3 Å². The van der Waals surface area contributed by atoms with Crippen LogP contribution < -0.4 is 0 Å². The van der Waals surface area contributed by atoms with Gasteiger partial charge in [0, 0.05) is 61.9 Å². The van der Waals surface area contributed by atoms with Gasteiger partial charge in [-0.25, -0.2) is 0 Å². The Hall–Kier alpha value is -1.35. The van der Waals surface area contributed by atoms with Crippen LogP contribution in [0.15, 0.2) is 11.4 Å². The van der Waals surface area contributed by atoms with E-state index in [2.05, 4.69) is 28.2 Å². The highest BCUT2D eigenvalue weighted by molar-refractivity contribution is 7.10. The number of piperazine rings is 1. The minimum atomic E-state index is 0.115. The molecule has 0 aromatic carbocycles. The second kappa shape index (κ2) is 7.44. The van der Waals surface area contributed by atoms with Gasteiger partial charge < -0.3 is 10.0 Å².